The zero-order chi connectivity index (χ0) is 14.5. The molecule has 2 unspecified atom stereocenters. The van der Waals surface area contributed by atoms with Crippen LogP contribution in [0.2, 0.25) is 0 Å². The van der Waals surface area contributed by atoms with E-state index in [1.807, 2.05) is 6.07 Å². The van der Waals surface area contributed by atoms with E-state index in [0.717, 1.165) is 12.2 Å². The van der Waals surface area contributed by atoms with Crippen molar-refractivity contribution in [3.05, 3.63) is 65.2 Å². The van der Waals surface area contributed by atoms with Gasteiger partial charge in [-0.2, -0.15) is 0 Å². The first-order chi connectivity index (χ1) is 9.67. The molecular formula is C18H21BrO. The number of alkyl halides is 1. The van der Waals surface area contributed by atoms with Crippen molar-refractivity contribution < 1.29 is 4.74 Å². The topological polar surface area (TPSA) is 9.23 Å². The lowest BCUT2D eigenvalue weighted by Crippen LogP contribution is -2.06. The predicted octanol–water partition coefficient (Wildman–Crippen LogP) is 5.63. The van der Waals surface area contributed by atoms with E-state index < -0.39 is 0 Å². The molecule has 0 bridgehead atoms. The van der Waals surface area contributed by atoms with Crippen LogP contribution in [0.3, 0.4) is 0 Å². The molecule has 0 saturated carbocycles. The van der Waals surface area contributed by atoms with Crippen molar-refractivity contribution in [3.63, 3.8) is 0 Å². The van der Waals surface area contributed by atoms with Crippen molar-refractivity contribution >= 4 is 15.9 Å². The third-order valence-corrected chi connectivity index (χ3v) is 4.93. The van der Waals surface area contributed by atoms with Crippen molar-refractivity contribution in [2.24, 2.45) is 0 Å². The van der Waals surface area contributed by atoms with Crippen LogP contribution in [0.25, 0.3) is 0 Å². The number of ether oxygens (including phenoxy) is 1. The van der Waals surface area contributed by atoms with Gasteiger partial charge in [0, 0.05) is 10.7 Å². The van der Waals surface area contributed by atoms with Crippen LogP contribution in [-0.4, -0.2) is 7.11 Å². The van der Waals surface area contributed by atoms with Crippen LogP contribution in [0.1, 0.15) is 40.8 Å². The standard InChI is InChI=1S/C18H21BrO/c1-4-16(14-8-6-5-7-9-14)18(19)17-11-10-15(20-3)12-13(17)2/h5-12,16,18H,4H2,1-3H3. The second-order valence-electron chi connectivity index (χ2n) is 5.05. The molecule has 20 heavy (non-hydrogen) atoms. The molecule has 0 heterocycles. The Kier molecular flexibility index (Phi) is 5.24. The van der Waals surface area contributed by atoms with Gasteiger partial charge >= 0.3 is 0 Å². The van der Waals surface area contributed by atoms with Gasteiger partial charge in [-0.15, -0.1) is 0 Å². The highest BCUT2D eigenvalue weighted by atomic mass is 79.9. The normalized spacial score (nSPS) is 13.8. The van der Waals surface area contributed by atoms with Crippen molar-refractivity contribution in [1.82, 2.24) is 0 Å². The molecule has 0 fully saturated rings. The van der Waals surface area contributed by atoms with Crippen molar-refractivity contribution in [3.8, 4) is 5.75 Å². The summed E-state index contributed by atoms with van der Waals surface area (Å²) in [6, 6.07) is 17.0. The molecule has 0 saturated heterocycles. The van der Waals surface area contributed by atoms with E-state index in [1.165, 1.54) is 16.7 Å². The van der Waals surface area contributed by atoms with Crippen LogP contribution < -0.4 is 4.74 Å². The van der Waals surface area contributed by atoms with Crippen molar-refractivity contribution in [2.75, 3.05) is 7.11 Å². The second-order valence-corrected chi connectivity index (χ2v) is 6.04. The SMILES string of the molecule is CCC(c1ccccc1)C(Br)c1ccc(OC)cc1C. The summed E-state index contributed by atoms with van der Waals surface area (Å²) < 4.78 is 5.29. The molecular weight excluding hydrogens is 312 g/mol. The summed E-state index contributed by atoms with van der Waals surface area (Å²) in [6.45, 7) is 4.38. The molecule has 2 heteroatoms. The summed E-state index contributed by atoms with van der Waals surface area (Å²) >= 11 is 3.91. The van der Waals surface area contributed by atoms with Crippen LogP contribution >= 0.6 is 15.9 Å². The molecule has 0 spiro atoms. The van der Waals surface area contributed by atoms with Gasteiger partial charge in [0.05, 0.1) is 7.11 Å². The van der Waals surface area contributed by atoms with Gasteiger partial charge in [-0.25, -0.2) is 0 Å². The highest BCUT2D eigenvalue weighted by Gasteiger charge is 2.22. The third kappa shape index (κ3) is 3.24. The summed E-state index contributed by atoms with van der Waals surface area (Å²) in [5.74, 6) is 1.39. The maximum atomic E-state index is 5.29. The van der Waals surface area contributed by atoms with Crippen LogP contribution in [-0.2, 0) is 0 Å². The summed E-state index contributed by atoms with van der Waals surface area (Å²) in [7, 11) is 1.71. The zero-order valence-electron chi connectivity index (χ0n) is 12.3. The Hall–Kier alpha value is -1.28. The van der Waals surface area contributed by atoms with Crippen molar-refractivity contribution in [1.29, 1.82) is 0 Å². The molecule has 0 amide bonds. The maximum Gasteiger partial charge on any atom is 0.119 e. The molecule has 0 aromatic heterocycles. The van der Waals surface area contributed by atoms with E-state index in [1.54, 1.807) is 7.11 Å². The van der Waals surface area contributed by atoms with E-state index in [-0.39, 0.29) is 0 Å². The Morgan fingerprint density at radius 3 is 2.35 bits per heavy atom. The minimum atomic E-state index is 0.320. The average Bonchev–Trinajstić information content (AvgIpc) is 2.48. The first-order valence-electron chi connectivity index (χ1n) is 7.01. The first-order valence-corrected chi connectivity index (χ1v) is 7.92. The zero-order valence-corrected chi connectivity index (χ0v) is 13.9. The Balaban J connectivity index is 2.31. The third-order valence-electron chi connectivity index (χ3n) is 3.79. The molecule has 0 aliphatic heterocycles. The second kappa shape index (κ2) is 6.94. The Morgan fingerprint density at radius 2 is 1.80 bits per heavy atom. The summed E-state index contributed by atoms with van der Waals surface area (Å²) in [5, 5.41) is 0. The van der Waals surface area contributed by atoms with E-state index in [2.05, 4.69) is 72.2 Å². The van der Waals surface area contributed by atoms with Gasteiger partial charge in [0.15, 0.2) is 0 Å². The Labute approximate surface area is 130 Å². The minimum absolute atomic E-state index is 0.320. The molecule has 106 valence electrons. The first kappa shape index (κ1) is 15.1. The van der Waals surface area contributed by atoms with Gasteiger partial charge in [-0.05, 0) is 42.2 Å². The van der Waals surface area contributed by atoms with E-state index in [0.29, 0.717) is 10.7 Å². The molecule has 1 nitrogen and oxygen atoms in total. The minimum Gasteiger partial charge on any atom is -0.497 e. The van der Waals surface area contributed by atoms with E-state index >= 15 is 0 Å². The number of hydrogen-bond acceptors (Lipinski definition) is 1. The summed E-state index contributed by atoms with van der Waals surface area (Å²) in [5.41, 5.74) is 3.98. The lowest BCUT2D eigenvalue weighted by atomic mass is 9.88. The van der Waals surface area contributed by atoms with Crippen LogP contribution in [0, 0.1) is 6.92 Å². The number of hydrogen-bond donors (Lipinski definition) is 0. The van der Waals surface area contributed by atoms with Gasteiger partial charge in [0.2, 0.25) is 0 Å². The molecule has 0 radical (unpaired) electrons. The maximum absolute atomic E-state index is 5.29. The number of benzene rings is 2. The van der Waals surface area contributed by atoms with Gasteiger partial charge in [0.1, 0.15) is 5.75 Å². The number of rotatable bonds is 5. The smallest absolute Gasteiger partial charge is 0.119 e. The fourth-order valence-corrected chi connectivity index (χ4v) is 3.81. The molecule has 0 aliphatic rings. The summed E-state index contributed by atoms with van der Waals surface area (Å²) in [6.07, 6.45) is 1.10. The Morgan fingerprint density at radius 1 is 1.10 bits per heavy atom. The van der Waals surface area contributed by atoms with Gasteiger partial charge in [0.25, 0.3) is 0 Å². The molecule has 2 rings (SSSR count). The highest BCUT2D eigenvalue weighted by Crippen LogP contribution is 2.41. The van der Waals surface area contributed by atoms with Crippen LogP contribution in [0.4, 0.5) is 0 Å². The van der Waals surface area contributed by atoms with Gasteiger partial charge in [-0.3, -0.25) is 0 Å². The van der Waals surface area contributed by atoms with Gasteiger partial charge in [-0.1, -0.05) is 59.3 Å². The molecule has 2 aromatic carbocycles. The predicted molar refractivity (Wildman–Crippen MR) is 88.9 cm³/mol. The number of methoxy groups -OCH3 is 1. The molecule has 2 aromatic rings. The highest BCUT2D eigenvalue weighted by molar-refractivity contribution is 9.09. The monoisotopic (exact) mass is 332 g/mol. The molecule has 0 N–H and O–H groups in total. The largest absolute Gasteiger partial charge is 0.497 e. The lowest BCUT2D eigenvalue weighted by molar-refractivity contribution is 0.414. The number of halogens is 1. The van der Waals surface area contributed by atoms with E-state index in [9.17, 15) is 0 Å². The Bertz CT molecular complexity index is 551. The average molecular weight is 333 g/mol. The molecule has 2 atom stereocenters. The quantitative estimate of drug-likeness (QED) is 0.644. The van der Waals surface area contributed by atoms with E-state index in [4.69, 9.17) is 4.74 Å². The van der Waals surface area contributed by atoms with Gasteiger partial charge < -0.3 is 4.74 Å². The van der Waals surface area contributed by atoms with Crippen molar-refractivity contribution in [2.45, 2.75) is 31.0 Å². The van der Waals surface area contributed by atoms with Crippen LogP contribution in [0.15, 0.2) is 48.5 Å². The molecule has 0 aliphatic carbocycles. The number of aryl methyl sites for hydroxylation is 1. The lowest BCUT2D eigenvalue weighted by Gasteiger charge is -2.24. The summed E-state index contributed by atoms with van der Waals surface area (Å²) in [4.78, 5) is 0.320. The van der Waals surface area contributed by atoms with Crippen LogP contribution in [0.5, 0.6) is 5.75 Å². The fourth-order valence-electron chi connectivity index (χ4n) is 2.61. The fraction of sp³-hybridized carbons (Fsp3) is 0.333.